The van der Waals surface area contributed by atoms with Crippen LogP contribution in [-0.2, 0) is 4.74 Å². The number of carbonyl (C=O) groups excluding carboxylic acids is 1. The van der Waals surface area contributed by atoms with E-state index in [2.05, 4.69) is 0 Å². The Morgan fingerprint density at radius 1 is 1.56 bits per heavy atom. The fourth-order valence-electron chi connectivity index (χ4n) is 1.99. The molecule has 18 heavy (non-hydrogen) atoms. The van der Waals surface area contributed by atoms with Gasteiger partial charge in [0, 0.05) is 13.0 Å². The Hall–Kier alpha value is -1.75. The molecule has 1 amide bonds. The minimum atomic E-state index is -0.441. The average Bonchev–Trinajstić information content (AvgIpc) is 2.38. The molecule has 98 valence electrons. The first-order chi connectivity index (χ1) is 8.65. The van der Waals surface area contributed by atoms with Gasteiger partial charge in [-0.3, -0.25) is 4.90 Å². The van der Waals surface area contributed by atoms with E-state index < -0.39 is 12.2 Å². The summed E-state index contributed by atoms with van der Waals surface area (Å²) in [7, 11) is 1.57. The van der Waals surface area contributed by atoms with E-state index >= 15 is 0 Å². The van der Waals surface area contributed by atoms with Gasteiger partial charge in [0.2, 0.25) is 0 Å². The van der Waals surface area contributed by atoms with Crippen molar-refractivity contribution in [2.45, 2.75) is 19.4 Å². The highest BCUT2D eigenvalue weighted by molar-refractivity contribution is 5.90. The number of aliphatic hydroxyl groups excluding tert-OH is 1. The molecule has 0 aliphatic carbocycles. The van der Waals surface area contributed by atoms with E-state index in [0.717, 1.165) is 5.56 Å². The molecule has 0 aromatic heterocycles. The first-order valence-electron chi connectivity index (χ1n) is 5.89. The number of ether oxygens (including phenoxy) is 2. The Labute approximate surface area is 106 Å². The van der Waals surface area contributed by atoms with Crippen molar-refractivity contribution >= 4 is 11.8 Å². The molecule has 1 aromatic rings. The van der Waals surface area contributed by atoms with Gasteiger partial charge in [0.1, 0.15) is 11.9 Å². The molecule has 1 aliphatic rings. The molecule has 1 fully saturated rings. The number of hydrogen-bond acceptors (Lipinski definition) is 4. The van der Waals surface area contributed by atoms with Gasteiger partial charge in [-0.1, -0.05) is 6.07 Å². The number of benzene rings is 1. The van der Waals surface area contributed by atoms with Crippen molar-refractivity contribution in [3.63, 3.8) is 0 Å². The number of aliphatic hydroxyl groups is 1. The zero-order chi connectivity index (χ0) is 13.1. The van der Waals surface area contributed by atoms with Crippen molar-refractivity contribution in [2.75, 3.05) is 25.2 Å². The van der Waals surface area contributed by atoms with Gasteiger partial charge >= 0.3 is 6.09 Å². The predicted octanol–water partition coefficient (Wildman–Crippen LogP) is 1.71. The number of anilines is 1. The number of cyclic esters (lactones) is 1. The standard InChI is InChI=1S/C13H17NO4/c1-9-3-4-12(17-2)11(7-9)14-6-5-10(8-15)18-13(14)16/h3-4,7,10,15H,5-6,8H2,1-2H3. The zero-order valence-electron chi connectivity index (χ0n) is 10.5. The first kappa shape index (κ1) is 12.7. The maximum absolute atomic E-state index is 11.9. The van der Waals surface area contributed by atoms with Crippen molar-refractivity contribution in [2.24, 2.45) is 0 Å². The molecule has 1 unspecified atom stereocenters. The molecule has 1 N–H and O–H groups in total. The van der Waals surface area contributed by atoms with Crippen LogP contribution in [0.4, 0.5) is 10.5 Å². The second-order valence-electron chi connectivity index (χ2n) is 4.30. The third-order valence-corrected chi connectivity index (χ3v) is 2.99. The number of hydrogen-bond donors (Lipinski definition) is 1. The van der Waals surface area contributed by atoms with E-state index in [1.54, 1.807) is 7.11 Å². The molecule has 1 aliphatic heterocycles. The lowest BCUT2D eigenvalue weighted by Crippen LogP contribution is -2.43. The number of amides is 1. The van der Waals surface area contributed by atoms with Crippen LogP contribution in [-0.4, -0.2) is 37.6 Å². The largest absolute Gasteiger partial charge is 0.495 e. The van der Waals surface area contributed by atoms with E-state index in [1.165, 1.54) is 4.90 Å². The Balaban J connectivity index is 2.26. The summed E-state index contributed by atoms with van der Waals surface area (Å²) in [5.41, 5.74) is 1.75. The maximum atomic E-state index is 11.9. The van der Waals surface area contributed by atoms with Crippen LogP contribution in [0, 0.1) is 6.92 Å². The summed E-state index contributed by atoms with van der Waals surface area (Å²) < 4.78 is 10.4. The molecule has 2 rings (SSSR count). The zero-order valence-corrected chi connectivity index (χ0v) is 10.5. The van der Waals surface area contributed by atoms with Crippen LogP contribution in [0.2, 0.25) is 0 Å². The van der Waals surface area contributed by atoms with Crippen LogP contribution in [0.5, 0.6) is 5.75 Å². The van der Waals surface area contributed by atoms with E-state index in [4.69, 9.17) is 14.6 Å². The number of nitrogens with zero attached hydrogens (tertiary/aromatic N) is 1. The van der Waals surface area contributed by atoms with E-state index in [9.17, 15) is 4.79 Å². The summed E-state index contributed by atoms with van der Waals surface area (Å²) in [4.78, 5) is 13.4. The van der Waals surface area contributed by atoms with Crippen LogP contribution in [0.15, 0.2) is 18.2 Å². The minimum absolute atomic E-state index is 0.134. The van der Waals surface area contributed by atoms with Gasteiger partial charge in [-0.15, -0.1) is 0 Å². The summed E-state index contributed by atoms with van der Waals surface area (Å²) in [6.07, 6.45) is -0.229. The topological polar surface area (TPSA) is 59.0 Å². The summed E-state index contributed by atoms with van der Waals surface area (Å²) in [5.74, 6) is 0.639. The molecule has 5 heteroatoms. The minimum Gasteiger partial charge on any atom is -0.495 e. The fraction of sp³-hybridized carbons (Fsp3) is 0.462. The van der Waals surface area contributed by atoms with Gasteiger partial charge in [0.05, 0.1) is 19.4 Å². The normalized spacial score (nSPS) is 19.6. The van der Waals surface area contributed by atoms with E-state index in [1.807, 2.05) is 25.1 Å². The molecular weight excluding hydrogens is 234 g/mol. The van der Waals surface area contributed by atoms with Crippen molar-refractivity contribution in [3.8, 4) is 5.75 Å². The van der Waals surface area contributed by atoms with Crippen molar-refractivity contribution in [1.29, 1.82) is 0 Å². The van der Waals surface area contributed by atoms with Crippen LogP contribution in [0.3, 0.4) is 0 Å². The molecule has 0 spiro atoms. The Bertz CT molecular complexity index is 447. The third-order valence-electron chi connectivity index (χ3n) is 2.99. The molecule has 5 nitrogen and oxygen atoms in total. The van der Waals surface area contributed by atoms with E-state index in [0.29, 0.717) is 24.4 Å². The summed E-state index contributed by atoms with van der Waals surface area (Å²) in [6.45, 7) is 2.34. The SMILES string of the molecule is COc1ccc(C)cc1N1CCC(CO)OC1=O. The van der Waals surface area contributed by atoms with Crippen molar-refractivity contribution < 1.29 is 19.4 Å². The molecular formula is C13H17NO4. The average molecular weight is 251 g/mol. The lowest BCUT2D eigenvalue weighted by Gasteiger charge is -2.31. The van der Waals surface area contributed by atoms with Gasteiger partial charge in [-0.25, -0.2) is 4.79 Å². The fourth-order valence-corrected chi connectivity index (χ4v) is 1.99. The van der Waals surface area contributed by atoms with Gasteiger partial charge in [0.25, 0.3) is 0 Å². The maximum Gasteiger partial charge on any atom is 0.414 e. The van der Waals surface area contributed by atoms with Crippen LogP contribution in [0.25, 0.3) is 0 Å². The summed E-state index contributed by atoms with van der Waals surface area (Å²) in [6, 6.07) is 5.64. The van der Waals surface area contributed by atoms with Crippen molar-refractivity contribution in [3.05, 3.63) is 23.8 Å². The monoisotopic (exact) mass is 251 g/mol. The molecule has 1 atom stereocenters. The second-order valence-corrected chi connectivity index (χ2v) is 4.30. The quantitative estimate of drug-likeness (QED) is 0.888. The van der Waals surface area contributed by atoms with Gasteiger partial charge in [0.15, 0.2) is 0 Å². The highest BCUT2D eigenvalue weighted by Crippen LogP contribution is 2.31. The number of rotatable bonds is 3. The number of methoxy groups -OCH3 is 1. The van der Waals surface area contributed by atoms with Crippen molar-refractivity contribution in [1.82, 2.24) is 0 Å². The highest BCUT2D eigenvalue weighted by Gasteiger charge is 2.29. The molecule has 1 heterocycles. The Morgan fingerprint density at radius 3 is 2.94 bits per heavy atom. The van der Waals surface area contributed by atoms with Gasteiger partial charge < -0.3 is 14.6 Å². The van der Waals surface area contributed by atoms with Gasteiger partial charge in [-0.05, 0) is 24.6 Å². The number of aryl methyl sites for hydroxylation is 1. The first-order valence-corrected chi connectivity index (χ1v) is 5.89. The summed E-state index contributed by atoms with van der Waals surface area (Å²) >= 11 is 0. The molecule has 1 saturated heterocycles. The highest BCUT2D eigenvalue weighted by atomic mass is 16.6. The second kappa shape index (κ2) is 5.27. The lowest BCUT2D eigenvalue weighted by molar-refractivity contribution is 0.0452. The third kappa shape index (κ3) is 2.41. The van der Waals surface area contributed by atoms with Crippen LogP contribution in [0.1, 0.15) is 12.0 Å². The van der Waals surface area contributed by atoms with Gasteiger partial charge in [-0.2, -0.15) is 0 Å². The molecule has 0 saturated carbocycles. The van der Waals surface area contributed by atoms with E-state index in [-0.39, 0.29) is 6.61 Å². The molecule has 0 radical (unpaired) electrons. The Kier molecular flexibility index (Phi) is 3.72. The predicted molar refractivity (Wildman–Crippen MR) is 67.0 cm³/mol. The number of carbonyl (C=O) groups is 1. The lowest BCUT2D eigenvalue weighted by atomic mass is 10.1. The molecule has 0 bridgehead atoms. The summed E-state index contributed by atoms with van der Waals surface area (Å²) in [5, 5.41) is 8.99. The Morgan fingerprint density at radius 2 is 2.33 bits per heavy atom. The smallest absolute Gasteiger partial charge is 0.414 e. The molecule has 1 aromatic carbocycles. The van der Waals surface area contributed by atoms with Crippen LogP contribution >= 0.6 is 0 Å². The van der Waals surface area contributed by atoms with Crippen LogP contribution < -0.4 is 9.64 Å².